The average Bonchev–Trinajstić information content (AvgIpc) is 3.14. The zero-order valence-electron chi connectivity index (χ0n) is 14.2. The summed E-state index contributed by atoms with van der Waals surface area (Å²) in [7, 11) is 1.67. The third-order valence-corrected chi connectivity index (χ3v) is 4.86. The fourth-order valence-corrected chi connectivity index (χ4v) is 3.38. The van der Waals surface area contributed by atoms with E-state index in [4.69, 9.17) is 14.2 Å². The average molecular weight is 362 g/mol. The van der Waals surface area contributed by atoms with Gasteiger partial charge in [0.25, 0.3) is 5.91 Å². The predicted octanol–water partition coefficient (Wildman–Crippen LogP) is 2.15. The van der Waals surface area contributed by atoms with Gasteiger partial charge in [-0.25, -0.2) is 0 Å². The molecule has 1 aromatic carbocycles. The minimum absolute atomic E-state index is 0.0534. The van der Waals surface area contributed by atoms with E-state index in [2.05, 4.69) is 10.6 Å². The molecule has 1 aromatic heterocycles. The summed E-state index contributed by atoms with van der Waals surface area (Å²) in [5.74, 6) is 1.47. The number of hydrogen-bond acceptors (Lipinski definition) is 6. The standard InChI is InChI=1S/C18H22N2O4S/c1-22-9-8-19-6-7-20-18(21)17-5-4-16(25-17)13-2-3-14-15(12-13)24-11-10-23-14/h2-5,12,19H,6-11H2,1H3,(H,20,21). The van der Waals surface area contributed by atoms with Gasteiger partial charge in [0.05, 0.1) is 11.5 Å². The molecular formula is C18H22N2O4S. The first kappa shape index (κ1) is 17.7. The molecule has 0 atom stereocenters. The van der Waals surface area contributed by atoms with Crippen LogP contribution in [-0.4, -0.2) is 52.5 Å². The van der Waals surface area contributed by atoms with Crippen molar-refractivity contribution in [2.75, 3.05) is 46.6 Å². The summed E-state index contributed by atoms with van der Waals surface area (Å²) in [5, 5.41) is 6.11. The molecule has 2 heterocycles. The van der Waals surface area contributed by atoms with Crippen LogP contribution >= 0.6 is 11.3 Å². The van der Waals surface area contributed by atoms with Crippen LogP contribution in [0.25, 0.3) is 10.4 Å². The highest BCUT2D eigenvalue weighted by Gasteiger charge is 2.14. The van der Waals surface area contributed by atoms with Crippen LogP contribution < -0.4 is 20.1 Å². The van der Waals surface area contributed by atoms with Crippen molar-refractivity contribution in [3.63, 3.8) is 0 Å². The Bertz CT molecular complexity index is 717. The molecule has 3 rings (SSSR count). The van der Waals surface area contributed by atoms with Crippen molar-refractivity contribution < 1.29 is 19.0 Å². The highest BCUT2D eigenvalue weighted by atomic mass is 32.1. The second-order valence-electron chi connectivity index (χ2n) is 5.52. The van der Waals surface area contributed by atoms with Crippen LogP contribution in [0.3, 0.4) is 0 Å². The molecule has 1 amide bonds. The normalized spacial score (nSPS) is 12.8. The van der Waals surface area contributed by atoms with Crippen molar-refractivity contribution >= 4 is 17.2 Å². The van der Waals surface area contributed by atoms with Gasteiger partial charge in [-0.05, 0) is 35.9 Å². The Labute approximate surface area is 151 Å². The molecule has 0 saturated carbocycles. The van der Waals surface area contributed by atoms with E-state index >= 15 is 0 Å². The van der Waals surface area contributed by atoms with Gasteiger partial charge in [0.1, 0.15) is 13.2 Å². The molecule has 0 bridgehead atoms. The Morgan fingerprint density at radius 2 is 1.96 bits per heavy atom. The number of amides is 1. The summed E-state index contributed by atoms with van der Waals surface area (Å²) < 4.78 is 16.1. The van der Waals surface area contributed by atoms with Crippen molar-refractivity contribution in [3.8, 4) is 21.9 Å². The molecule has 0 fully saturated rings. The van der Waals surface area contributed by atoms with Gasteiger partial charge < -0.3 is 24.8 Å². The molecule has 1 aliphatic rings. The van der Waals surface area contributed by atoms with Gasteiger partial charge in [0, 0.05) is 31.6 Å². The van der Waals surface area contributed by atoms with Crippen LogP contribution in [0.15, 0.2) is 30.3 Å². The monoisotopic (exact) mass is 362 g/mol. The van der Waals surface area contributed by atoms with Crippen molar-refractivity contribution in [1.29, 1.82) is 0 Å². The van der Waals surface area contributed by atoms with Crippen LogP contribution in [0, 0.1) is 0 Å². The number of thiophene rings is 1. The van der Waals surface area contributed by atoms with E-state index in [-0.39, 0.29) is 5.91 Å². The third kappa shape index (κ3) is 4.72. The van der Waals surface area contributed by atoms with Gasteiger partial charge >= 0.3 is 0 Å². The van der Waals surface area contributed by atoms with Crippen LogP contribution in [0.5, 0.6) is 11.5 Å². The lowest BCUT2D eigenvalue weighted by Crippen LogP contribution is -2.32. The maximum Gasteiger partial charge on any atom is 0.261 e. The van der Waals surface area contributed by atoms with E-state index in [1.807, 2.05) is 30.3 Å². The first-order chi connectivity index (χ1) is 12.3. The lowest BCUT2D eigenvalue weighted by atomic mass is 10.1. The van der Waals surface area contributed by atoms with Gasteiger partial charge in [0.2, 0.25) is 0 Å². The topological polar surface area (TPSA) is 68.8 Å². The largest absolute Gasteiger partial charge is 0.486 e. The Morgan fingerprint density at radius 3 is 2.80 bits per heavy atom. The maximum atomic E-state index is 12.2. The first-order valence-corrected chi connectivity index (χ1v) is 9.07. The summed E-state index contributed by atoms with van der Waals surface area (Å²) >= 11 is 1.47. The van der Waals surface area contributed by atoms with Crippen molar-refractivity contribution in [2.45, 2.75) is 0 Å². The lowest BCUT2D eigenvalue weighted by Gasteiger charge is -2.18. The summed E-state index contributed by atoms with van der Waals surface area (Å²) in [6, 6.07) is 9.67. The zero-order valence-corrected chi connectivity index (χ0v) is 15.0. The summed E-state index contributed by atoms with van der Waals surface area (Å²) in [6.45, 7) is 3.88. The number of rotatable bonds is 8. The molecule has 134 valence electrons. The number of hydrogen-bond donors (Lipinski definition) is 2. The summed E-state index contributed by atoms with van der Waals surface area (Å²) in [4.78, 5) is 13.9. The van der Waals surface area contributed by atoms with Gasteiger partial charge in [-0.2, -0.15) is 0 Å². The molecule has 1 aliphatic heterocycles. The molecule has 0 radical (unpaired) electrons. The Balaban J connectivity index is 1.56. The van der Waals surface area contributed by atoms with E-state index in [9.17, 15) is 4.79 Å². The van der Waals surface area contributed by atoms with Crippen molar-refractivity contribution in [1.82, 2.24) is 10.6 Å². The number of carbonyl (C=O) groups excluding carboxylic acids is 1. The van der Waals surface area contributed by atoms with Crippen molar-refractivity contribution in [2.24, 2.45) is 0 Å². The molecular weight excluding hydrogens is 340 g/mol. The minimum atomic E-state index is -0.0534. The molecule has 25 heavy (non-hydrogen) atoms. The molecule has 2 aromatic rings. The van der Waals surface area contributed by atoms with Gasteiger partial charge in [-0.1, -0.05) is 0 Å². The number of benzene rings is 1. The summed E-state index contributed by atoms with van der Waals surface area (Å²) in [6.07, 6.45) is 0. The van der Waals surface area contributed by atoms with E-state index in [0.717, 1.165) is 35.0 Å². The van der Waals surface area contributed by atoms with Crippen LogP contribution in [0.2, 0.25) is 0 Å². The third-order valence-electron chi connectivity index (χ3n) is 3.73. The second-order valence-corrected chi connectivity index (χ2v) is 6.60. The van der Waals surface area contributed by atoms with Gasteiger partial charge in [-0.15, -0.1) is 11.3 Å². The molecule has 0 spiro atoms. The zero-order chi connectivity index (χ0) is 17.5. The highest BCUT2D eigenvalue weighted by Crippen LogP contribution is 2.36. The quantitative estimate of drug-likeness (QED) is 0.705. The Hall–Kier alpha value is -2.09. The predicted molar refractivity (Wildman–Crippen MR) is 97.8 cm³/mol. The lowest BCUT2D eigenvalue weighted by molar-refractivity contribution is 0.0957. The van der Waals surface area contributed by atoms with Crippen LogP contribution in [0.1, 0.15) is 9.67 Å². The first-order valence-electron chi connectivity index (χ1n) is 8.25. The Morgan fingerprint density at radius 1 is 1.12 bits per heavy atom. The van der Waals surface area contributed by atoms with Gasteiger partial charge in [0.15, 0.2) is 11.5 Å². The molecule has 2 N–H and O–H groups in total. The number of ether oxygens (including phenoxy) is 3. The minimum Gasteiger partial charge on any atom is -0.486 e. The SMILES string of the molecule is COCCNCCNC(=O)c1ccc(-c2ccc3c(c2)OCCO3)s1. The fraction of sp³-hybridized carbons (Fsp3) is 0.389. The van der Waals surface area contributed by atoms with E-state index in [1.165, 1.54) is 11.3 Å². The van der Waals surface area contributed by atoms with E-state index in [1.54, 1.807) is 7.11 Å². The number of methoxy groups -OCH3 is 1. The smallest absolute Gasteiger partial charge is 0.261 e. The van der Waals surface area contributed by atoms with Crippen LogP contribution in [-0.2, 0) is 4.74 Å². The molecule has 0 aliphatic carbocycles. The Kier molecular flexibility index (Phi) is 6.27. The number of nitrogens with one attached hydrogen (secondary N) is 2. The molecule has 7 heteroatoms. The maximum absolute atomic E-state index is 12.2. The number of fused-ring (bicyclic) bond motifs is 1. The molecule has 6 nitrogen and oxygen atoms in total. The molecule has 0 unspecified atom stereocenters. The number of carbonyl (C=O) groups is 1. The van der Waals surface area contributed by atoms with E-state index in [0.29, 0.717) is 31.2 Å². The van der Waals surface area contributed by atoms with Crippen LogP contribution in [0.4, 0.5) is 0 Å². The van der Waals surface area contributed by atoms with E-state index < -0.39 is 0 Å². The highest BCUT2D eigenvalue weighted by molar-refractivity contribution is 7.17. The van der Waals surface area contributed by atoms with Crippen molar-refractivity contribution in [3.05, 3.63) is 35.2 Å². The van der Waals surface area contributed by atoms with Gasteiger partial charge in [-0.3, -0.25) is 4.79 Å². The fourth-order valence-electron chi connectivity index (χ4n) is 2.46. The summed E-state index contributed by atoms with van der Waals surface area (Å²) in [5.41, 5.74) is 1.02. The molecule has 0 saturated heterocycles. The second kappa shape index (κ2) is 8.84.